The van der Waals surface area contributed by atoms with Gasteiger partial charge in [-0.3, -0.25) is 14.5 Å². The molecule has 0 aromatic heterocycles. The summed E-state index contributed by atoms with van der Waals surface area (Å²) in [7, 11) is 0. The van der Waals surface area contributed by atoms with Gasteiger partial charge in [-0.1, -0.05) is 27.2 Å². The molecule has 98 valence electrons. The summed E-state index contributed by atoms with van der Waals surface area (Å²) in [5.74, 6) is 0.662. The van der Waals surface area contributed by atoms with E-state index < -0.39 is 5.54 Å². The Morgan fingerprint density at radius 3 is 2.18 bits per heavy atom. The number of carbonyl (C=O) groups excluding carboxylic acids is 2. The van der Waals surface area contributed by atoms with Crippen molar-refractivity contribution in [3.63, 3.8) is 0 Å². The van der Waals surface area contributed by atoms with Crippen molar-refractivity contribution in [2.24, 2.45) is 17.8 Å². The third kappa shape index (κ3) is 2.70. The molecule has 3 heteroatoms. The second-order valence-electron chi connectivity index (χ2n) is 6.29. The van der Waals surface area contributed by atoms with Gasteiger partial charge in [0.05, 0.1) is 5.92 Å². The van der Waals surface area contributed by atoms with Crippen LogP contribution in [0.4, 0.5) is 0 Å². The van der Waals surface area contributed by atoms with Crippen LogP contribution >= 0.6 is 0 Å². The molecule has 1 aliphatic heterocycles. The molecule has 0 bridgehead atoms. The van der Waals surface area contributed by atoms with Gasteiger partial charge in [0.1, 0.15) is 0 Å². The summed E-state index contributed by atoms with van der Waals surface area (Å²) in [6.07, 6.45) is 1.44. The average molecular weight is 239 g/mol. The summed E-state index contributed by atoms with van der Waals surface area (Å²) in [4.78, 5) is 25.7. The van der Waals surface area contributed by atoms with Crippen LogP contribution in [0.2, 0.25) is 0 Å². The molecule has 0 aromatic rings. The van der Waals surface area contributed by atoms with Crippen molar-refractivity contribution in [1.29, 1.82) is 0 Å². The van der Waals surface area contributed by atoms with Crippen molar-refractivity contribution in [2.75, 3.05) is 0 Å². The highest BCUT2D eigenvalue weighted by atomic mass is 16.2. The molecule has 0 spiro atoms. The van der Waals surface area contributed by atoms with E-state index in [0.717, 1.165) is 6.42 Å². The first-order valence-electron chi connectivity index (χ1n) is 6.57. The number of rotatable bonds is 3. The van der Waals surface area contributed by atoms with E-state index >= 15 is 0 Å². The van der Waals surface area contributed by atoms with Gasteiger partial charge in [0.15, 0.2) is 0 Å². The van der Waals surface area contributed by atoms with Gasteiger partial charge in [0.25, 0.3) is 0 Å². The van der Waals surface area contributed by atoms with Gasteiger partial charge in [-0.15, -0.1) is 0 Å². The first-order chi connectivity index (χ1) is 7.70. The topological polar surface area (TPSA) is 37.4 Å². The number of imide groups is 1. The molecule has 1 aliphatic rings. The van der Waals surface area contributed by atoms with Gasteiger partial charge in [-0.05, 0) is 32.6 Å². The molecule has 17 heavy (non-hydrogen) atoms. The summed E-state index contributed by atoms with van der Waals surface area (Å²) in [5.41, 5.74) is -0.391. The van der Waals surface area contributed by atoms with Gasteiger partial charge in [-0.25, -0.2) is 0 Å². The van der Waals surface area contributed by atoms with Gasteiger partial charge < -0.3 is 0 Å². The average Bonchev–Trinajstić information content (AvgIpc) is 2.51. The number of amides is 2. The summed E-state index contributed by atoms with van der Waals surface area (Å²) >= 11 is 0. The van der Waals surface area contributed by atoms with Crippen LogP contribution in [-0.4, -0.2) is 22.3 Å². The molecule has 1 fully saturated rings. The highest BCUT2D eigenvalue weighted by molar-refractivity contribution is 6.04. The molecule has 2 amide bonds. The number of carbonyl (C=O) groups is 2. The van der Waals surface area contributed by atoms with Crippen LogP contribution < -0.4 is 0 Å². The van der Waals surface area contributed by atoms with E-state index in [4.69, 9.17) is 0 Å². The second-order valence-corrected chi connectivity index (χ2v) is 6.29. The standard InChI is InChI=1S/C14H25NO2/c1-7-9(2)10(3)11-8-12(16)15(13(11)17)14(4,5)6/h9-11H,7-8H2,1-6H3/t9?,10-,11?/m0/s1. The van der Waals surface area contributed by atoms with Crippen LogP contribution in [0.5, 0.6) is 0 Å². The SMILES string of the molecule is CCC(C)[C@H](C)C1CC(=O)N(C(C)(C)C)C1=O. The molecule has 0 radical (unpaired) electrons. The van der Waals surface area contributed by atoms with E-state index in [1.165, 1.54) is 4.90 Å². The first kappa shape index (κ1) is 14.2. The second kappa shape index (κ2) is 4.79. The minimum atomic E-state index is -0.391. The summed E-state index contributed by atoms with van der Waals surface area (Å²) in [6, 6.07) is 0. The van der Waals surface area contributed by atoms with Crippen molar-refractivity contribution in [3.05, 3.63) is 0 Å². The quantitative estimate of drug-likeness (QED) is 0.710. The third-order valence-corrected chi connectivity index (χ3v) is 4.03. The van der Waals surface area contributed by atoms with Gasteiger partial charge in [0, 0.05) is 12.0 Å². The van der Waals surface area contributed by atoms with Crippen molar-refractivity contribution < 1.29 is 9.59 Å². The monoisotopic (exact) mass is 239 g/mol. The normalized spacial score (nSPS) is 25.3. The van der Waals surface area contributed by atoms with E-state index in [0.29, 0.717) is 12.3 Å². The Morgan fingerprint density at radius 2 is 1.82 bits per heavy atom. The molecule has 0 aliphatic carbocycles. The van der Waals surface area contributed by atoms with Crippen molar-refractivity contribution in [2.45, 2.75) is 59.9 Å². The Hall–Kier alpha value is -0.860. The molecule has 1 saturated heterocycles. The minimum Gasteiger partial charge on any atom is -0.277 e. The highest BCUT2D eigenvalue weighted by Gasteiger charge is 2.46. The van der Waals surface area contributed by atoms with E-state index in [-0.39, 0.29) is 23.7 Å². The van der Waals surface area contributed by atoms with Crippen LogP contribution in [0.3, 0.4) is 0 Å². The molecule has 1 heterocycles. The number of hydrogen-bond donors (Lipinski definition) is 0. The zero-order chi connectivity index (χ0) is 13.4. The van der Waals surface area contributed by atoms with Crippen LogP contribution in [0.25, 0.3) is 0 Å². The zero-order valence-corrected chi connectivity index (χ0v) is 11.9. The van der Waals surface area contributed by atoms with Crippen molar-refractivity contribution >= 4 is 11.8 Å². The Balaban J connectivity index is 2.88. The Morgan fingerprint density at radius 1 is 1.29 bits per heavy atom. The first-order valence-corrected chi connectivity index (χ1v) is 6.57. The predicted octanol–water partition coefficient (Wildman–Crippen LogP) is 2.84. The molecule has 1 rings (SSSR count). The van der Waals surface area contributed by atoms with E-state index in [2.05, 4.69) is 20.8 Å². The number of likely N-dealkylation sites (tertiary alicyclic amines) is 1. The van der Waals surface area contributed by atoms with Gasteiger partial charge >= 0.3 is 0 Å². The largest absolute Gasteiger partial charge is 0.277 e. The summed E-state index contributed by atoms with van der Waals surface area (Å²) < 4.78 is 0. The number of nitrogens with zero attached hydrogens (tertiary/aromatic N) is 1. The van der Waals surface area contributed by atoms with Crippen LogP contribution in [0, 0.1) is 17.8 Å². The zero-order valence-electron chi connectivity index (χ0n) is 11.9. The lowest BCUT2D eigenvalue weighted by Crippen LogP contribution is -2.46. The predicted molar refractivity (Wildman–Crippen MR) is 68.3 cm³/mol. The lowest BCUT2D eigenvalue weighted by molar-refractivity contribution is -0.145. The Labute approximate surface area is 105 Å². The molecule has 2 unspecified atom stereocenters. The summed E-state index contributed by atoms with van der Waals surface area (Å²) in [5, 5.41) is 0. The van der Waals surface area contributed by atoms with Crippen LogP contribution in [0.1, 0.15) is 54.4 Å². The van der Waals surface area contributed by atoms with E-state index in [1.54, 1.807) is 0 Å². The van der Waals surface area contributed by atoms with Crippen LogP contribution in [0.15, 0.2) is 0 Å². The molecule has 0 aromatic carbocycles. The smallest absolute Gasteiger partial charge is 0.233 e. The summed E-state index contributed by atoms with van der Waals surface area (Å²) in [6.45, 7) is 12.1. The molecule has 0 saturated carbocycles. The fourth-order valence-corrected chi connectivity index (χ4v) is 2.54. The lowest BCUT2D eigenvalue weighted by atomic mass is 9.81. The Bertz CT molecular complexity index is 317. The van der Waals surface area contributed by atoms with Crippen LogP contribution in [-0.2, 0) is 9.59 Å². The molecule has 3 atom stereocenters. The maximum absolute atomic E-state index is 12.3. The molecule has 0 N–H and O–H groups in total. The molecular formula is C14H25NO2. The highest BCUT2D eigenvalue weighted by Crippen LogP contribution is 2.35. The fourth-order valence-electron chi connectivity index (χ4n) is 2.54. The fraction of sp³-hybridized carbons (Fsp3) is 0.857. The number of hydrogen-bond acceptors (Lipinski definition) is 2. The molecular weight excluding hydrogens is 214 g/mol. The van der Waals surface area contributed by atoms with Gasteiger partial charge in [-0.2, -0.15) is 0 Å². The third-order valence-electron chi connectivity index (χ3n) is 4.03. The van der Waals surface area contributed by atoms with Crippen molar-refractivity contribution in [1.82, 2.24) is 4.90 Å². The van der Waals surface area contributed by atoms with E-state index in [1.807, 2.05) is 20.8 Å². The van der Waals surface area contributed by atoms with E-state index in [9.17, 15) is 9.59 Å². The van der Waals surface area contributed by atoms with Gasteiger partial charge in [0.2, 0.25) is 11.8 Å². The lowest BCUT2D eigenvalue weighted by Gasteiger charge is -2.31. The Kier molecular flexibility index (Phi) is 4.00. The maximum atomic E-state index is 12.3. The van der Waals surface area contributed by atoms with Crippen molar-refractivity contribution in [3.8, 4) is 0 Å². The molecule has 3 nitrogen and oxygen atoms in total. The maximum Gasteiger partial charge on any atom is 0.233 e. The minimum absolute atomic E-state index is 0.0114.